The lowest BCUT2D eigenvalue weighted by molar-refractivity contribution is -0.132. The number of fused-ring (bicyclic) bond motifs is 1. The highest BCUT2D eigenvalue weighted by Crippen LogP contribution is 2.37. The molecule has 0 atom stereocenters. The third-order valence-electron chi connectivity index (χ3n) is 3.63. The Hall–Kier alpha value is -2.55. The predicted molar refractivity (Wildman–Crippen MR) is 76.5 cm³/mol. The zero-order valence-electron chi connectivity index (χ0n) is 10.8. The van der Waals surface area contributed by atoms with Gasteiger partial charge in [0, 0.05) is 5.57 Å². The van der Waals surface area contributed by atoms with Crippen molar-refractivity contribution in [3.63, 3.8) is 0 Å². The number of carbonyl (C=O) groups is 1. The Labute approximate surface area is 116 Å². The van der Waals surface area contributed by atoms with E-state index in [1.807, 2.05) is 36.4 Å². The van der Waals surface area contributed by atoms with Gasteiger partial charge in [-0.3, -0.25) is 0 Å². The molecule has 3 rings (SSSR count). The number of hydrogen-bond donors (Lipinski definition) is 2. The molecule has 2 N–H and O–H groups in total. The smallest absolute Gasteiger partial charge is 0.332 e. The second-order valence-corrected chi connectivity index (χ2v) is 4.87. The van der Waals surface area contributed by atoms with Gasteiger partial charge in [0.1, 0.15) is 5.75 Å². The van der Waals surface area contributed by atoms with Gasteiger partial charge in [0.15, 0.2) is 0 Å². The van der Waals surface area contributed by atoms with Crippen LogP contribution in [0, 0.1) is 0 Å². The molecule has 0 saturated heterocycles. The van der Waals surface area contributed by atoms with E-state index < -0.39 is 5.97 Å². The molecule has 0 spiro atoms. The zero-order chi connectivity index (χ0) is 14.1. The molecule has 0 aliphatic heterocycles. The van der Waals surface area contributed by atoms with E-state index in [1.165, 1.54) is 0 Å². The van der Waals surface area contributed by atoms with Crippen LogP contribution < -0.4 is 0 Å². The highest BCUT2D eigenvalue weighted by Gasteiger charge is 2.24. The van der Waals surface area contributed by atoms with Gasteiger partial charge in [-0.15, -0.1) is 0 Å². The number of phenolic OH excluding ortho intramolecular Hbond substituents is 1. The third-order valence-corrected chi connectivity index (χ3v) is 3.63. The summed E-state index contributed by atoms with van der Waals surface area (Å²) >= 11 is 0. The Bertz CT molecular complexity index is 699. The van der Waals surface area contributed by atoms with Gasteiger partial charge in [-0.1, -0.05) is 36.4 Å². The van der Waals surface area contributed by atoms with E-state index in [4.69, 9.17) is 0 Å². The second kappa shape index (κ2) is 4.85. The van der Waals surface area contributed by atoms with Crippen LogP contribution in [0.2, 0.25) is 0 Å². The molecule has 0 aromatic heterocycles. The Morgan fingerprint density at radius 3 is 2.45 bits per heavy atom. The van der Waals surface area contributed by atoms with Crippen LogP contribution in [0.3, 0.4) is 0 Å². The standard InChI is InChI=1S/C17H14O3/c18-13-8-6-11-7-9-14(17(19)20)16(15(11)10-13)12-4-2-1-3-5-12/h1-6,8,10,18H,7,9H2,(H,19,20). The van der Waals surface area contributed by atoms with Crippen LogP contribution in [0.15, 0.2) is 54.1 Å². The molecule has 2 aromatic carbocycles. The molecule has 1 aliphatic rings. The van der Waals surface area contributed by atoms with Crippen LogP contribution in [0.25, 0.3) is 5.57 Å². The molecule has 100 valence electrons. The molecule has 0 unspecified atom stereocenters. The summed E-state index contributed by atoms with van der Waals surface area (Å²) in [4.78, 5) is 11.5. The molecule has 3 heteroatoms. The van der Waals surface area contributed by atoms with Gasteiger partial charge < -0.3 is 10.2 Å². The number of rotatable bonds is 2. The summed E-state index contributed by atoms with van der Waals surface area (Å²) in [5.41, 5.74) is 3.90. The van der Waals surface area contributed by atoms with Gasteiger partial charge >= 0.3 is 5.97 Å². The topological polar surface area (TPSA) is 57.5 Å². The van der Waals surface area contributed by atoms with Gasteiger partial charge in [0.2, 0.25) is 0 Å². The van der Waals surface area contributed by atoms with Gasteiger partial charge in [-0.05, 0) is 47.2 Å². The van der Waals surface area contributed by atoms with E-state index >= 15 is 0 Å². The molecule has 0 bridgehead atoms. The molecular weight excluding hydrogens is 252 g/mol. The summed E-state index contributed by atoms with van der Waals surface area (Å²) in [6.07, 6.45) is 1.20. The maximum absolute atomic E-state index is 11.5. The van der Waals surface area contributed by atoms with E-state index in [1.54, 1.807) is 12.1 Å². The lowest BCUT2D eigenvalue weighted by Crippen LogP contribution is -2.12. The number of carboxylic acids is 1. The molecule has 2 aromatic rings. The molecule has 3 nitrogen and oxygen atoms in total. The fourth-order valence-electron chi connectivity index (χ4n) is 2.71. The number of phenols is 1. The summed E-state index contributed by atoms with van der Waals surface area (Å²) in [7, 11) is 0. The van der Waals surface area contributed by atoms with E-state index in [0.717, 1.165) is 22.3 Å². The molecule has 1 aliphatic carbocycles. The summed E-state index contributed by atoms with van der Waals surface area (Å²) in [5.74, 6) is -0.735. The number of hydrogen-bond acceptors (Lipinski definition) is 2. The van der Waals surface area contributed by atoms with Gasteiger partial charge in [-0.25, -0.2) is 4.79 Å². The predicted octanol–water partition coefficient (Wildman–Crippen LogP) is 3.22. The van der Waals surface area contributed by atoms with E-state index in [9.17, 15) is 15.0 Å². The SMILES string of the molecule is O=C(O)C1=C(c2ccccc2)c2cc(O)ccc2CC1. The van der Waals surface area contributed by atoms with Crippen molar-refractivity contribution in [2.45, 2.75) is 12.8 Å². The average molecular weight is 266 g/mol. The minimum absolute atomic E-state index is 0.156. The summed E-state index contributed by atoms with van der Waals surface area (Å²) in [6.45, 7) is 0. The van der Waals surface area contributed by atoms with Gasteiger partial charge in [0.25, 0.3) is 0 Å². The molecule has 0 saturated carbocycles. The Morgan fingerprint density at radius 2 is 1.75 bits per heavy atom. The van der Waals surface area contributed by atoms with Crippen molar-refractivity contribution < 1.29 is 15.0 Å². The molecule has 0 radical (unpaired) electrons. The molecule has 0 amide bonds. The highest BCUT2D eigenvalue weighted by atomic mass is 16.4. The Balaban J connectivity index is 2.29. The van der Waals surface area contributed by atoms with Gasteiger partial charge in [-0.2, -0.15) is 0 Å². The maximum atomic E-state index is 11.5. The molecule has 0 heterocycles. The quantitative estimate of drug-likeness (QED) is 0.877. The summed E-state index contributed by atoms with van der Waals surface area (Å²) in [6, 6.07) is 14.6. The summed E-state index contributed by atoms with van der Waals surface area (Å²) in [5, 5.41) is 19.2. The largest absolute Gasteiger partial charge is 0.508 e. The Kier molecular flexibility index (Phi) is 3.03. The van der Waals surface area contributed by atoms with Crippen LogP contribution >= 0.6 is 0 Å². The first kappa shape index (κ1) is 12.5. The minimum atomic E-state index is -0.891. The van der Waals surface area contributed by atoms with E-state index in [2.05, 4.69) is 0 Å². The van der Waals surface area contributed by atoms with Crippen molar-refractivity contribution in [2.75, 3.05) is 0 Å². The first-order chi connectivity index (χ1) is 9.66. The first-order valence-electron chi connectivity index (χ1n) is 6.51. The zero-order valence-corrected chi connectivity index (χ0v) is 10.8. The van der Waals surface area contributed by atoms with Crippen molar-refractivity contribution in [3.8, 4) is 5.75 Å². The normalized spacial score (nSPS) is 14.0. The van der Waals surface area contributed by atoms with Crippen LogP contribution in [0.5, 0.6) is 5.75 Å². The third kappa shape index (κ3) is 2.07. The highest BCUT2D eigenvalue weighted by molar-refractivity contribution is 6.02. The van der Waals surface area contributed by atoms with Crippen LogP contribution in [0.4, 0.5) is 0 Å². The van der Waals surface area contributed by atoms with Crippen LogP contribution in [0.1, 0.15) is 23.1 Å². The lowest BCUT2D eigenvalue weighted by atomic mass is 9.82. The fraction of sp³-hybridized carbons (Fsp3) is 0.118. The van der Waals surface area contributed by atoms with Crippen molar-refractivity contribution in [3.05, 3.63) is 70.8 Å². The van der Waals surface area contributed by atoms with Crippen LogP contribution in [-0.2, 0) is 11.2 Å². The summed E-state index contributed by atoms with van der Waals surface area (Å²) < 4.78 is 0. The monoisotopic (exact) mass is 266 g/mol. The molecule has 0 fully saturated rings. The number of aryl methyl sites for hydroxylation is 1. The van der Waals surface area contributed by atoms with E-state index in [0.29, 0.717) is 18.4 Å². The van der Waals surface area contributed by atoms with Crippen molar-refractivity contribution in [1.29, 1.82) is 0 Å². The first-order valence-corrected chi connectivity index (χ1v) is 6.51. The second-order valence-electron chi connectivity index (χ2n) is 4.87. The molecular formula is C17H14O3. The van der Waals surface area contributed by atoms with Gasteiger partial charge in [0.05, 0.1) is 0 Å². The van der Waals surface area contributed by atoms with Crippen molar-refractivity contribution in [1.82, 2.24) is 0 Å². The number of aliphatic carboxylic acids is 1. The van der Waals surface area contributed by atoms with E-state index in [-0.39, 0.29) is 5.75 Å². The number of carboxylic acid groups (broad SMARTS) is 1. The average Bonchev–Trinajstić information content (AvgIpc) is 2.46. The molecule has 20 heavy (non-hydrogen) atoms. The fourth-order valence-corrected chi connectivity index (χ4v) is 2.71. The van der Waals surface area contributed by atoms with Crippen LogP contribution in [-0.4, -0.2) is 16.2 Å². The number of benzene rings is 2. The maximum Gasteiger partial charge on any atom is 0.332 e. The van der Waals surface area contributed by atoms with Crippen molar-refractivity contribution >= 4 is 11.5 Å². The lowest BCUT2D eigenvalue weighted by Gasteiger charge is -2.22. The minimum Gasteiger partial charge on any atom is -0.508 e. The Morgan fingerprint density at radius 1 is 1.00 bits per heavy atom. The number of aromatic hydroxyl groups is 1. The van der Waals surface area contributed by atoms with Crippen molar-refractivity contribution in [2.24, 2.45) is 0 Å².